The molecule has 174 valence electrons. The second-order valence-corrected chi connectivity index (χ2v) is 8.45. The molecule has 0 aliphatic carbocycles. The summed E-state index contributed by atoms with van der Waals surface area (Å²) in [4.78, 5) is 27.7. The molecule has 0 saturated carbocycles. The van der Waals surface area contributed by atoms with Crippen molar-refractivity contribution < 1.29 is 14.0 Å². The zero-order chi connectivity index (χ0) is 23.4. The quantitative estimate of drug-likeness (QED) is 0.487. The fourth-order valence-corrected chi connectivity index (χ4v) is 4.18. The van der Waals surface area contributed by atoms with Gasteiger partial charge in [-0.25, -0.2) is 4.39 Å². The molecule has 2 amide bonds. The van der Waals surface area contributed by atoms with Gasteiger partial charge in [0.15, 0.2) is 5.82 Å². The van der Waals surface area contributed by atoms with Crippen LogP contribution in [0.15, 0.2) is 36.5 Å². The minimum atomic E-state index is -0.464. The molecule has 3 heterocycles. The van der Waals surface area contributed by atoms with Gasteiger partial charge in [0.2, 0.25) is 0 Å². The third kappa shape index (κ3) is 4.84. The topological polar surface area (TPSA) is 83.0 Å². The number of H-pyrrole nitrogens is 1. The Kier molecular flexibility index (Phi) is 6.91. The van der Waals surface area contributed by atoms with Crippen molar-refractivity contribution in [2.24, 2.45) is 0 Å². The van der Waals surface area contributed by atoms with Crippen LogP contribution in [0.25, 0.3) is 11.4 Å². The van der Waals surface area contributed by atoms with Crippen molar-refractivity contribution >= 4 is 17.6 Å². The standard InChI is InChI=1S/C25H30FN5O2/c1-3-5-11-30(12-6-4-2)25(33)18-15-21-22-20(10-13-31(21)16-18)23(29-28-22)27-24(32)17-8-7-9-19(26)14-17/h7-9,14-16H,3-6,10-13H2,1-2H3,(H2,27,28,29,32). The molecule has 0 bridgehead atoms. The van der Waals surface area contributed by atoms with Crippen LogP contribution in [0.5, 0.6) is 0 Å². The number of hydrogen-bond acceptors (Lipinski definition) is 3. The smallest absolute Gasteiger partial charge is 0.256 e. The van der Waals surface area contributed by atoms with Crippen molar-refractivity contribution in [2.45, 2.75) is 52.5 Å². The summed E-state index contributed by atoms with van der Waals surface area (Å²) in [6.07, 6.45) is 6.64. The van der Waals surface area contributed by atoms with E-state index >= 15 is 0 Å². The van der Waals surface area contributed by atoms with Gasteiger partial charge in [-0.1, -0.05) is 32.8 Å². The van der Waals surface area contributed by atoms with Crippen LogP contribution in [0, 0.1) is 5.82 Å². The maximum absolute atomic E-state index is 13.5. The molecule has 0 spiro atoms. The summed E-state index contributed by atoms with van der Waals surface area (Å²) in [5, 5.41) is 10.1. The Morgan fingerprint density at radius 1 is 1.15 bits per heavy atom. The number of unbranched alkanes of at least 4 members (excludes halogenated alkanes) is 2. The lowest BCUT2D eigenvalue weighted by Crippen LogP contribution is -2.32. The average Bonchev–Trinajstić information content (AvgIpc) is 3.43. The highest BCUT2D eigenvalue weighted by Gasteiger charge is 2.26. The van der Waals surface area contributed by atoms with Crippen molar-refractivity contribution in [2.75, 3.05) is 18.4 Å². The van der Waals surface area contributed by atoms with Crippen LogP contribution < -0.4 is 5.32 Å². The number of hydrogen-bond donors (Lipinski definition) is 2. The van der Waals surface area contributed by atoms with Gasteiger partial charge >= 0.3 is 0 Å². The van der Waals surface area contributed by atoms with Crippen LogP contribution in [0.2, 0.25) is 0 Å². The van der Waals surface area contributed by atoms with Crippen molar-refractivity contribution in [3.05, 3.63) is 59.0 Å². The van der Waals surface area contributed by atoms with Gasteiger partial charge in [0.25, 0.3) is 11.8 Å². The average molecular weight is 452 g/mol. The van der Waals surface area contributed by atoms with E-state index in [-0.39, 0.29) is 11.5 Å². The van der Waals surface area contributed by atoms with E-state index < -0.39 is 11.7 Å². The molecule has 1 aromatic carbocycles. The number of carbonyl (C=O) groups excluding carboxylic acids is 2. The Labute approximate surface area is 193 Å². The van der Waals surface area contributed by atoms with E-state index in [0.717, 1.165) is 55.7 Å². The number of anilines is 1. The maximum Gasteiger partial charge on any atom is 0.256 e. The molecule has 0 unspecified atom stereocenters. The van der Waals surface area contributed by atoms with Crippen LogP contribution >= 0.6 is 0 Å². The van der Waals surface area contributed by atoms with E-state index in [1.165, 1.54) is 18.2 Å². The SMILES string of the molecule is CCCCN(CCCC)C(=O)c1cc2n(c1)CCc1c(NC(=O)c3cccc(F)c3)n[nH]c1-2. The highest BCUT2D eigenvalue weighted by molar-refractivity contribution is 6.04. The molecule has 1 aliphatic rings. The van der Waals surface area contributed by atoms with E-state index in [4.69, 9.17) is 0 Å². The number of amides is 2. The first kappa shape index (κ1) is 22.8. The lowest BCUT2D eigenvalue weighted by atomic mass is 10.1. The number of aryl methyl sites for hydroxylation is 1. The molecule has 3 aromatic rings. The van der Waals surface area contributed by atoms with Crippen molar-refractivity contribution in [3.8, 4) is 11.4 Å². The summed E-state index contributed by atoms with van der Waals surface area (Å²) in [5.41, 5.74) is 3.47. The monoisotopic (exact) mass is 451 g/mol. The predicted octanol–water partition coefficient (Wildman–Crippen LogP) is 4.87. The van der Waals surface area contributed by atoms with Crippen LogP contribution in [0.1, 0.15) is 65.8 Å². The Bertz CT molecular complexity index is 1140. The Morgan fingerprint density at radius 2 is 1.91 bits per heavy atom. The number of rotatable bonds is 9. The fourth-order valence-electron chi connectivity index (χ4n) is 4.18. The summed E-state index contributed by atoms with van der Waals surface area (Å²) in [6, 6.07) is 7.46. The van der Waals surface area contributed by atoms with Gasteiger partial charge in [-0.15, -0.1) is 0 Å². The van der Waals surface area contributed by atoms with E-state index in [0.29, 0.717) is 24.3 Å². The van der Waals surface area contributed by atoms with Gasteiger partial charge < -0.3 is 14.8 Å². The van der Waals surface area contributed by atoms with Gasteiger partial charge in [0.05, 0.1) is 17.0 Å². The minimum Gasteiger partial charge on any atom is -0.345 e. The molecule has 0 saturated heterocycles. The highest BCUT2D eigenvalue weighted by atomic mass is 19.1. The first-order valence-corrected chi connectivity index (χ1v) is 11.7. The van der Waals surface area contributed by atoms with Crippen molar-refractivity contribution in [1.82, 2.24) is 19.7 Å². The zero-order valence-corrected chi connectivity index (χ0v) is 19.2. The Balaban J connectivity index is 1.55. The summed E-state index contributed by atoms with van der Waals surface area (Å²) >= 11 is 0. The molecule has 7 nitrogen and oxygen atoms in total. The van der Waals surface area contributed by atoms with Gasteiger partial charge in [0, 0.05) is 37.0 Å². The summed E-state index contributed by atoms with van der Waals surface area (Å²) in [5.74, 6) is -0.386. The third-order valence-corrected chi connectivity index (χ3v) is 6.04. The molecule has 1 aliphatic heterocycles. The molecule has 0 fully saturated rings. The second-order valence-electron chi connectivity index (χ2n) is 8.45. The van der Waals surface area contributed by atoms with E-state index in [1.54, 1.807) is 6.07 Å². The molecule has 4 rings (SSSR count). The van der Waals surface area contributed by atoms with Gasteiger partial charge in [-0.2, -0.15) is 5.10 Å². The fraction of sp³-hybridized carbons (Fsp3) is 0.400. The van der Waals surface area contributed by atoms with Gasteiger partial charge in [-0.05, 0) is 43.5 Å². The normalized spacial score (nSPS) is 12.2. The van der Waals surface area contributed by atoms with Gasteiger partial charge in [0.1, 0.15) is 5.82 Å². The number of carbonyl (C=O) groups is 2. The number of fused-ring (bicyclic) bond motifs is 3. The summed E-state index contributed by atoms with van der Waals surface area (Å²) in [7, 11) is 0. The van der Waals surface area contributed by atoms with Crippen molar-refractivity contribution in [3.63, 3.8) is 0 Å². The number of halogens is 1. The highest BCUT2D eigenvalue weighted by Crippen LogP contribution is 2.34. The number of nitrogens with one attached hydrogen (secondary N) is 2. The molecule has 0 atom stereocenters. The van der Waals surface area contributed by atoms with Crippen LogP contribution in [-0.2, 0) is 13.0 Å². The first-order chi connectivity index (χ1) is 16.0. The summed E-state index contributed by atoms with van der Waals surface area (Å²) in [6.45, 7) is 6.47. The minimum absolute atomic E-state index is 0.0551. The van der Waals surface area contributed by atoms with Crippen LogP contribution in [-0.4, -0.2) is 44.6 Å². The first-order valence-electron chi connectivity index (χ1n) is 11.7. The largest absolute Gasteiger partial charge is 0.345 e. The lowest BCUT2D eigenvalue weighted by molar-refractivity contribution is 0.0751. The predicted molar refractivity (Wildman–Crippen MR) is 126 cm³/mol. The number of aromatic nitrogens is 3. The van der Waals surface area contributed by atoms with E-state index in [1.807, 2.05) is 17.2 Å². The number of benzene rings is 1. The van der Waals surface area contributed by atoms with Crippen LogP contribution in [0.3, 0.4) is 0 Å². The maximum atomic E-state index is 13.5. The second kappa shape index (κ2) is 10.0. The molecule has 2 N–H and O–H groups in total. The number of nitrogens with zero attached hydrogens (tertiary/aromatic N) is 3. The molecule has 2 aromatic heterocycles. The number of aromatic amines is 1. The molecule has 33 heavy (non-hydrogen) atoms. The Hall–Kier alpha value is -3.42. The summed E-state index contributed by atoms with van der Waals surface area (Å²) < 4.78 is 15.5. The van der Waals surface area contributed by atoms with Crippen molar-refractivity contribution in [1.29, 1.82) is 0 Å². The van der Waals surface area contributed by atoms with Gasteiger partial charge in [-0.3, -0.25) is 14.7 Å². The molecular formula is C25H30FN5O2. The molecular weight excluding hydrogens is 421 g/mol. The molecule has 0 radical (unpaired) electrons. The molecule has 8 heteroatoms. The van der Waals surface area contributed by atoms with E-state index in [2.05, 4.69) is 33.9 Å². The van der Waals surface area contributed by atoms with Crippen LogP contribution in [0.4, 0.5) is 10.2 Å². The third-order valence-electron chi connectivity index (χ3n) is 6.04. The lowest BCUT2D eigenvalue weighted by Gasteiger charge is -2.21. The van der Waals surface area contributed by atoms with E-state index in [9.17, 15) is 14.0 Å². The Morgan fingerprint density at radius 3 is 2.61 bits per heavy atom. The zero-order valence-electron chi connectivity index (χ0n) is 19.2.